The zero-order valence-electron chi connectivity index (χ0n) is 33.9. The highest BCUT2D eigenvalue weighted by molar-refractivity contribution is 14.1. The van der Waals surface area contributed by atoms with Gasteiger partial charge in [0.05, 0.1) is 47.1 Å². The van der Waals surface area contributed by atoms with Gasteiger partial charge in [0, 0.05) is 55.7 Å². The third-order valence-corrected chi connectivity index (χ3v) is 10.2. The Morgan fingerprint density at radius 2 is 1.21 bits per heavy atom. The molecule has 6 heterocycles. The summed E-state index contributed by atoms with van der Waals surface area (Å²) in [6.07, 6.45) is 6.66. The average Bonchev–Trinajstić information content (AvgIpc) is 3.78. The molecule has 2 aliphatic rings. The van der Waals surface area contributed by atoms with Gasteiger partial charge in [-0.05, 0) is 102 Å². The Morgan fingerprint density at radius 3 is 1.72 bits per heavy atom. The number of carbonyl (C=O) groups excluding carboxylic acids is 2. The van der Waals surface area contributed by atoms with Gasteiger partial charge in [-0.25, -0.2) is 19.6 Å². The number of nitrogens with zero attached hydrogens (tertiary/aromatic N) is 8. The van der Waals surface area contributed by atoms with Crippen molar-refractivity contribution < 1.29 is 28.5 Å². The molecule has 0 bridgehead atoms. The minimum absolute atomic E-state index is 0.0833. The van der Waals surface area contributed by atoms with Crippen LogP contribution in [0.3, 0.4) is 0 Å². The summed E-state index contributed by atoms with van der Waals surface area (Å²) >= 11 is 2.22. The fourth-order valence-corrected chi connectivity index (χ4v) is 7.23. The Morgan fingerprint density at radius 1 is 0.719 bits per heavy atom. The summed E-state index contributed by atoms with van der Waals surface area (Å²) in [7, 11) is 3.24. The quantitative estimate of drug-likeness (QED) is 0.130. The van der Waals surface area contributed by atoms with Crippen LogP contribution in [0.4, 0.5) is 9.59 Å². The average molecular weight is 891 g/mol. The molecule has 2 saturated heterocycles. The number of piperidine rings is 2. The van der Waals surface area contributed by atoms with Gasteiger partial charge in [-0.1, -0.05) is 30.0 Å². The fourth-order valence-electron chi connectivity index (χ4n) is 6.76. The molecule has 0 aliphatic carbocycles. The lowest BCUT2D eigenvalue weighted by molar-refractivity contribution is 0.0187. The van der Waals surface area contributed by atoms with Crippen LogP contribution in [0.25, 0.3) is 11.3 Å². The van der Waals surface area contributed by atoms with E-state index < -0.39 is 11.2 Å². The maximum absolute atomic E-state index is 12.6. The maximum atomic E-state index is 12.6. The van der Waals surface area contributed by atoms with E-state index in [1.54, 1.807) is 45.4 Å². The topological polar surface area (TPSA) is 138 Å². The highest BCUT2D eigenvalue weighted by Gasteiger charge is 2.31. The molecule has 0 radical (unpaired) electrons. The van der Waals surface area contributed by atoms with Crippen LogP contribution in [0.1, 0.15) is 102 Å². The number of hydrogen-bond donors (Lipinski definition) is 0. The third-order valence-electron chi connectivity index (χ3n) is 9.39. The summed E-state index contributed by atoms with van der Waals surface area (Å²) in [5.74, 6) is 7.83. The minimum Gasteiger partial charge on any atom is -0.481 e. The van der Waals surface area contributed by atoms with Crippen molar-refractivity contribution in [3.63, 3.8) is 0 Å². The van der Waals surface area contributed by atoms with Gasteiger partial charge >= 0.3 is 12.2 Å². The lowest BCUT2D eigenvalue weighted by Crippen LogP contribution is -2.42. The van der Waals surface area contributed by atoms with Gasteiger partial charge in [-0.2, -0.15) is 19.2 Å². The van der Waals surface area contributed by atoms with Crippen molar-refractivity contribution in [2.24, 2.45) is 0 Å². The number of methoxy groups -OCH3 is 2. The Kier molecular flexibility index (Phi) is 12.8. The molecule has 0 N–H and O–H groups in total. The molecule has 4 aromatic heterocycles. The second-order valence-corrected chi connectivity index (χ2v) is 17.3. The Balaban J connectivity index is 0.000000199. The van der Waals surface area contributed by atoms with Crippen molar-refractivity contribution in [3.05, 3.63) is 80.9 Å². The largest absolute Gasteiger partial charge is 0.481 e. The molecule has 2 fully saturated rings. The van der Waals surface area contributed by atoms with Crippen LogP contribution < -0.4 is 9.47 Å². The van der Waals surface area contributed by atoms with Gasteiger partial charge in [0.15, 0.2) is 11.3 Å². The van der Waals surface area contributed by atoms with E-state index in [0.29, 0.717) is 37.0 Å². The van der Waals surface area contributed by atoms with E-state index in [2.05, 4.69) is 44.6 Å². The lowest BCUT2D eigenvalue weighted by Gasteiger charge is -2.34. The van der Waals surface area contributed by atoms with Crippen LogP contribution in [-0.2, 0) is 9.47 Å². The van der Waals surface area contributed by atoms with E-state index in [1.807, 2.05) is 84.0 Å². The first-order valence-corrected chi connectivity index (χ1v) is 20.2. The smallest absolute Gasteiger partial charge is 0.410 e. The summed E-state index contributed by atoms with van der Waals surface area (Å²) in [4.78, 5) is 38.2. The van der Waals surface area contributed by atoms with Gasteiger partial charge in [0.25, 0.3) is 0 Å². The predicted octanol–water partition coefficient (Wildman–Crippen LogP) is 7.71. The van der Waals surface area contributed by atoms with Crippen molar-refractivity contribution >= 4 is 46.1 Å². The van der Waals surface area contributed by atoms with Gasteiger partial charge < -0.3 is 28.7 Å². The zero-order valence-corrected chi connectivity index (χ0v) is 36.1. The summed E-state index contributed by atoms with van der Waals surface area (Å²) in [6, 6.07) is 13.6. The van der Waals surface area contributed by atoms with Gasteiger partial charge in [0.2, 0.25) is 11.8 Å². The van der Waals surface area contributed by atoms with Crippen LogP contribution >= 0.6 is 22.6 Å². The normalized spacial score (nSPS) is 17.3. The van der Waals surface area contributed by atoms with Gasteiger partial charge in [-0.15, -0.1) is 0 Å². The molecule has 15 heteroatoms. The van der Waals surface area contributed by atoms with Crippen molar-refractivity contribution in [1.29, 1.82) is 0 Å². The number of aromatic nitrogens is 6. The molecule has 7 rings (SSSR count). The molecule has 2 aliphatic heterocycles. The van der Waals surface area contributed by atoms with Gasteiger partial charge in [0.1, 0.15) is 11.2 Å². The first-order chi connectivity index (χ1) is 27.1. The first kappa shape index (κ1) is 41.5. The summed E-state index contributed by atoms with van der Waals surface area (Å²) in [6.45, 7) is 13.8. The molecule has 57 heavy (non-hydrogen) atoms. The minimum atomic E-state index is -0.520. The number of benzene rings is 1. The van der Waals surface area contributed by atoms with E-state index in [-0.39, 0.29) is 24.0 Å². The molecular formula is C42H51IN8O6. The Bertz CT molecular complexity index is 2270. The Hall–Kier alpha value is -5.11. The monoisotopic (exact) mass is 890 g/mol. The summed E-state index contributed by atoms with van der Waals surface area (Å²) in [5.41, 5.74) is 3.87. The molecule has 302 valence electrons. The van der Waals surface area contributed by atoms with Gasteiger partial charge in [-0.3, -0.25) is 0 Å². The lowest BCUT2D eigenvalue weighted by atomic mass is 9.94. The summed E-state index contributed by atoms with van der Waals surface area (Å²) < 4.78 is 26.4. The van der Waals surface area contributed by atoms with Crippen molar-refractivity contribution in [2.75, 3.05) is 40.4 Å². The number of carbonyl (C=O) groups is 2. The number of rotatable bonds is 4. The molecular weight excluding hydrogens is 839 g/mol. The van der Waals surface area contributed by atoms with E-state index in [1.165, 1.54) is 0 Å². The summed E-state index contributed by atoms with van der Waals surface area (Å²) in [5, 5.41) is 8.71. The van der Waals surface area contributed by atoms with Crippen molar-refractivity contribution in [1.82, 2.24) is 39.0 Å². The van der Waals surface area contributed by atoms with Crippen LogP contribution in [0.15, 0.2) is 54.9 Å². The zero-order chi connectivity index (χ0) is 40.9. The standard InChI is InChI=1S/C25H28N4O3.C17H23IN4O3/c1-25(2,3)32-24(30)28-14-8-11-20(17-28)21-15-22(31-4)29-23(27-21)19(16-26-29)13-12-18-9-6-5-7-10-18;1-17(2,3)25-16(23)21-7-5-6-11(10-21)13-8-14(24-4)22-15(20-13)12(18)9-19-22/h5-7,9-10,15-16,20H,8,11,14,17H2,1-4H3;8-9,11H,5-7,10H2,1-4H3. The number of fused-ring (bicyclic) bond motifs is 2. The molecule has 2 unspecified atom stereocenters. The molecule has 2 amide bonds. The second kappa shape index (κ2) is 17.6. The van der Waals surface area contributed by atoms with E-state index >= 15 is 0 Å². The molecule has 0 spiro atoms. The molecule has 14 nitrogen and oxygen atoms in total. The van der Waals surface area contributed by atoms with Crippen LogP contribution in [0.5, 0.6) is 11.8 Å². The van der Waals surface area contributed by atoms with Crippen molar-refractivity contribution in [3.8, 4) is 23.6 Å². The number of amides is 2. The number of halogens is 1. The SMILES string of the molecule is COc1cc(C2CCCN(C(=O)OC(C)(C)C)C2)nc2c(C#Cc3ccccc3)cnn12.COc1cc(C2CCCN(C(=O)OC(C)(C)C)C2)nc2c(I)cnn12. The number of ether oxygens (including phenoxy) is 4. The third kappa shape index (κ3) is 10.4. The maximum Gasteiger partial charge on any atom is 0.410 e. The highest BCUT2D eigenvalue weighted by Crippen LogP contribution is 2.32. The van der Waals surface area contributed by atoms with Crippen molar-refractivity contribution in [2.45, 2.75) is 90.3 Å². The van der Waals surface area contributed by atoms with Crippen LogP contribution in [0.2, 0.25) is 0 Å². The Labute approximate surface area is 347 Å². The number of hydrogen-bond acceptors (Lipinski definition) is 10. The molecule has 0 saturated carbocycles. The molecule has 1 aromatic carbocycles. The van der Waals surface area contributed by atoms with Crippen LogP contribution in [-0.4, -0.2) is 103 Å². The highest BCUT2D eigenvalue weighted by atomic mass is 127. The fraction of sp³-hybridized carbons (Fsp3) is 0.476. The first-order valence-electron chi connectivity index (χ1n) is 19.2. The number of likely N-dealkylation sites (tertiary alicyclic amines) is 2. The second-order valence-electron chi connectivity index (χ2n) is 16.1. The molecule has 2 atom stereocenters. The predicted molar refractivity (Wildman–Crippen MR) is 224 cm³/mol. The molecule has 5 aromatic rings. The van der Waals surface area contributed by atoms with Crippen LogP contribution in [0, 0.1) is 15.4 Å². The van der Waals surface area contributed by atoms with E-state index in [9.17, 15) is 9.59 Å². The van der Waals surface area contributed by atoms with E-state index in [0.717, 1.165) is 64.0 Å². The van der Waals surface area contributed by atoms with E-state index in [4.69, 9.17) is 28.9 Å².